The van der Waals surface area contributed by atoms with Gasteiger partial charge in [-0.05, 0) is 35.4 Å². The molecule has 3 aliphatic heterocycles. The summed E-state index contributed by atoms with van der Waals surface area (Å²) in [5, 5.41) is 14.6. The molecule has 1 amide bonds. The number of anilines is 2. The molecule has 9 heteroatoms. The first kappa shape index (κ1) is 26.0. The minimum Gasteiger partial charge on any atom is -0.352 e. The summed E-state index contributed by atoms with van der Waals surface area (Å²) in [6.07, 6.45) is 3.82. The van der Waals surface area contributed by atoms with Crippen molar-refractivity contribution in [2.24, 2.45) is 5.92 Å². The zero-order chi connectivity index (χ0) is 29.2. The Bertz CT molecular complexity index is 1850. The second kappa shape index (κ2) is 9.60. The molecular formula is C33H22BrN3O5. The van der Waals surface area contributed by atoms with Crippen molar-refractivity contribution < 1.29 is 19.3 Å². The summed E-state index contributed by atoms with van der Waals surface area (Å²) in [5.41, 5.74) is 1.48. The number of hydrogen-bond acceptors (Lipinski definition) is 6. The Kier molecular flexibility index (Phi) is 5.95. The van der Waals surface area contributed by atoms with Crippen LogP contribution in [0.25, 0.3) is 6.08 Å². The largest absolute Gasteiger partial charge is 0.352 e. The van der Waals surface area contributed by atoms with Crippen molar-refractivity contribution in [1.82, 2.24) is 0 Å². The lowest BCUT2D eigenvalue weighted by molar-refractivity contribution is -0.384. The second-order valence-electron chi connectivity index (χ2n) is 10.6. The summed E-state index contributed by atoms with van der Waals surface area (Å²) in [4.78, 5) is 56.7. The van der Waals surface area contributed by atoms with E-state index in [1.54, 1.807) is 36.4 Å². The number of carbonyl (C=O) groups is 3. The number of nitrogens with zero attached hydrogens (tertiary/aromatic N) is 2. The highest BCUT2D eigenvalue weighted by Crippen LogP contribution is 2.58. The fraction of sp³-hybridized carbons (Fsp3) is 0.121. The van der Waals surface area contributed by atoms with Gasteiger partial charge in [0.25, 0.3) is 5.69 Å². The summed E-state index contributed by atoms with van der Waals surface area (Å²) in [6.45, 7) is 0. The number of ketones is 2. The van der Waals surface area contributed by atoms with Crippen molar-refractivity contribution >= 4 is 56.5 Å². The number of hydrogen-bond donors (Lipinski definition) is 1. The lowest BCUT2D eigenvalue weighted by Gasteiger charge is -2.37. The smallest absolute Gasteiger partial charge is 0.270 e. The molecule has 0 bridgehead atoms. The fourth-order valence-electron chi connectivity index (χ4n) is 6.86. The van der Waals surface area contributed by atoms with Crippen LogP contribution in [-0.4, -0.2) is 34.5 Å². The van der Waals surface area contributed by atoms with Crippen LogP contribution in [0.5, 0.6) is 0 Å². The number of amides is 1. The normalized spacial score (nSPS) is 23.2. The quantitative estimate of drug-likeness (QED) is 0.161. The molecule has 1 saturated heterocycles. The molecule has 4 aromatic rings. The second-order valence-corrected chi connectivity index (χ2v) is 11.5. The van der Waals surface area contributed by atoms with Gasteiger partial charge >= 0.3 is 0 Å². The Hall–Kier alpha value is -4.89. The van der Waals surface area contributed by atoms with Gasteiger partial charge in [-0.15, -0.1) is 0 Å². The molecular weight excluding hydrogens is 598 g/mol. The molecule has 0 aromatic heterocycles. The lowest BCUT2D eigenvalue weighted by Crippen LogP contribution is -2.51. The number of para-hydroxylation sites is 2. The number of fused-ring (bicyclic) bond motifs is 6. The first-order valence-electron chi connectivity index (χ1n) is 13.4. The van der Waals surface area contributed by atoms with Crippen LogP contribution in [0, 0.1) is 16.0 Å². The number of nitro benzene ring substituents is 1. The molecule has 7 rings (SSSR count). The zero-order valence-corrected chi connectivity index (χ0v) is 23.5. The summed E-state index contributed by atoms with van der Waals surface area (Å²) in [7, 11) is 0. The van der Waals surface area contributed by atoms with Gasteiger partial charge in [-0.2, -0.15) is 0 Å². The topological polar surface area (TPSA) is 110 Å². The van der Waals surface area contributed by atoms with Gasteiger partial charge in [0.1, 0.15) is 11.5 Å². The molecule has 0 radical (unpaired) electrons. The molecule has 1 N–H and O–H groups in total. The Morgan fingerprint density at radius 1 is 0.881 bits per heavy atom. The van der Waals surface area contributed by atoms with Crippen LogP contribution in [0.4, 0.5) is 17.1 Å². The first-order chi connectivity index (χ1) is 20.3. The number of nitrogens with one attached hydrogen (secondary N) is 1. The Morgan fingerprint density at radius 3 is 2.40 bits per heavy atom. The van der Waals surface area contributed by atoms with Crippen LogP contribution in [0.3, 0.4) is 0 Å². The molecule has 4 aromatic carbocycles. The molecule has 206 valence electrons. The average Bonchev–Trinajstić information content (AvgIpc) is 3.49. The molecule has 1 spiro atoms. The lowest BCUT2D eigenvalue weighted by atomic mass is 9.64. The number of non-ortho nitro benzene ring substituents is 1. The molecule has 0 aliphatic carbocycles. The van der Waals surface area contributed by atoms with E-state index in [0.717, 1.165) is 15.7 Å². The highest BCUT2D eigenvalue weighted by Gasteiger charge is 2.70. The van der Waals surface area contributed by atoms with Crippen molar-refractivity contribution in [3.63, 3.8) is 0 Å². The van der Waals surface area contributed by atoms with Crippen LogP contribution in [0.15, 0.2) is 108 Å². The summed E-state index contributed by atoms with van der Waals surface area (Å²) in [5.74, 6) is -2.44. The van der Waals surface area contributed by atoms with Crippen molar-refractivity contribution in [2.45, 2.75) is 17.5 Å². The molecule has 3 heterocycles. The standard InChI is InChI=1S/C33H22BrN3O5/c34-22-15-12-20(13-16-22)31(39)29-28(30(38)21-7-5-8-23(18-21)37(41)42)33(24-9-2-3-10-25(24)35-32(33)40)27-17-14-19-6-1-4-11-26(19)36(27)29/h1-18,27-29H,(H,35,40)/t27-,28-,29+,33+/m0/s1. The number of nitro groups is 1. The van der Waals surface area contributed by atoms with Gasteiger partial charge in [0.05, 0.1) is 16.9 Å². The molecule has 4 atom stereocenters. The first-order valence-corrected chi connectivity index (χ1v) is 14.2. The van der Waals surface area contributed by atoms with E-state index in [2.05, 4.69) is 21.2 Å². The minimum atomic E-state index is -1.49. The maximum Gasteiger partial charge on any atom is 0.270 e. The van der Waals surface area contributed by atoms with Gasteiger partial charge in [0.2, 0.25) is 5.91 Å². The molecule has 8 nitrogen and oxygen atoms in total. The van der Waals surface area contributed by atoms with Crippen LogP contribution >= 0.6 is 15.9 Å². The van der Waals surface area contributed by atoms with Crippen LogP contribution in [0.2, 0.25) is 0 Å². The van der Waals surface area contributed by atoms with Crippen molar-refractivity contribution in [2.75, 3.05) is 10.2 Å². The predicted octanol–water partition coefficient (Wildman–Crippen LogP) is 6.21. The van der Waals surface area contributed by atoms with Crippen LogP contribution < -0.4 is 10.2 Å². The van der Waals surface area contributed by atoms with E-state index in [-0.39, 0.29) is 17.0 Å². The van der Waals surface area contributed by atoms with E-state index in [0.29, 0.717) is 16.8 Å². The summed E-state index contributed by atoms with van der Waals surface area (Å²) >= 11 is 3.42. The Balaban J connectivity index is 1.53. The summed E-state index contributed by atoms with van der Waals surface area (Å²) < 4.78 is 0.791. The highest BCUT2D eigenvalue weighted by atomic mass is 79.9. The third-order valence-electron chi connectivity index (χ3n) is 8.56. The van der Waals surface area contributed by atoms with Gasteiger partial charge in [-0.25, -0.2) is 0 Å². The van der Waals surface area contributed by atoms with Gasteiger partial charge in [0.15, 0.2) is 11.6 Å². The maximum atomic E-state index is 14.8. The fourth-order valence-corrected chi connectivity index (χ4v) is 7.12. The Morgan fingerprint density at radius 2 is 1.62 bits per heavy atom. The molecule has 42 heavy (non-hydrogen) atoms. The monoisotopic (exact) mass is 619 g/mol. The van der Waals surface area contributed by atoms with Crippen molar-refractivity contribution in [3.8, 4) is 0 Å². The summed E-state index contributed by atoms with van der Waals surface area (Å²) in [6, 6.07) is 25.4. The SMILES string of the molecule is O=C(c1cccc([N+](=O)[O-])c1)[C@@H]1[C@H](C(=O)c2ccc(Br)cc2)N2c3ccccc3C=C[C@H]2[C@@]12C(=O)Nc1ccccc12. The minimum absolute atomic E-state index is 0.0662. The van der Waals surface area contributed by atoms with Gasteiger partial charge in [-0.1, -0.05) is 88.7 Å². The van der Waals surface area contributed by atoms with E-state index in [1.807, 2.05) is 53.5 Å². The number of rotatable bonds is 5. The van der Waals surface area contributed by atoms with Crippen molar-refractivity contribution in [1.29, 1.82) is 0 Å². The van der Waals surface area contributed by atoms with Crippen molar-refractivity contribution in [3.05, 3.63) is 140 Å². The number of halogens is 1. The number of carbonyl (C=O) groups excluding carboxylic acids is 3. The third-order valence-corrected chi connectivity index (χ3v) is 9.09. The van der Waals surface area contributed by atoms with Gasteiger partial charge < -0.3 is 10.2 Å². The average molecular weight is 620 g/mol. The van der Waals surface area contributed by atoms with E-state index in [1.165, 1.54) is 24.3 Å². The number of Topliss-reactive ketones (excluding diaryl/α,β-unsaturated/α-hetero) is 2. The zero-order valence-electron chi connectivity index (χ0n) is 21.9. The van der Waals surface area contributed by atoms with E-state index < -0.39 is 40.0 Å². The van der Waals surface area contributed by atoms with Gasteiger partial charge in [0, 0.05) is 39.1 Å². The van der Waals surface area contributed by atoms with Crippen LogP contribution in [0.1, 0.15) is 31.8 Å². The van der Waals surface area contributed by atoms with E-state index in [4.69, 9.17) is 0 Å². The number of benzene rings is 4. The third kappa shape index (κ3) is 3.63. The van der Waals surface area contributed by atoms with E-state index in [9.17, 15) is 24.5 Å². The predicted molar refractivity (Wildman–Crippen MR) is 162 cm³/mol. The van der Waals surface area contributed by atoms with Crippen LogP contribution in [-0.2, 0) is 10.2 Å². The molecule has 3 aliphatic rings. The molecule has 0 unspecified atom stereocenters. The molecule has 0 saturated carbocycles. The van der Waals surface area contributed by atoms with Gasteiger partial charge in [-0.3, -0.25) is 24.5 Å². The Labute approximate surface area is 248 Å². The highest BCUT2D eigenvalue weighted by molar-refractivity contribution is 9.10. The van der Waals surface area contributed by atoms with E-state index >= 15 is 0 Å². The molecule has 1 fully saturated rings. The maximum absolute atomic E-state index is 14.8.